The zero-order valence-corrected chi connectivity index (χ0v) is 24.8. The number of amides is 1. The fourth-order valence-corrected chi connectivity index (χ4v) is 10.2. The summed E-state index contributed by atoms with van der Waals surface area (Å²) in [4.78, 5) is 26.1. The molecule has 1 aromatic carbocycles. The summed E-state index contributed by atoms with van der Waals surface area (Å²) in [6.45, 7) is 7.09. The van der Waals surface area contributed by atoms with Crippen LogP contribution >= 0.6 is 0 Å². The van der Waals surface area contributed by atoms with Gasteiger partial charge in [0.15, 0.2) is 5.69 Å². The van der Waals surface area contributed by atoms with E-state index < -0.39 is 4.92 Å². The third-order valence-corrected chi connectivity index (χ3v) is 12.4. The number of carbonyl (C=O) groups is 1. The first-order valence-corrected chi connectivity index (χ1v) is 15.7. The largest absolute Gasteiger partial charge is 0.493 e. The Kier molecular flexibility index (Phi) is 7.45. The molecule has 0 aliphatic heterocycles. The SMILES string of the molecule is C[C@H](CCC(=O)N=Nc1c(O)[nH]c2ccc([N+](=O)[O-])cc12)[C@H]1CC[C@H]2[C@@H]3[C@H](O)C[C@@H]4C[C@@H](O)CC[C@]4(C)[C@H]3CC[C@]12C. The maximum atomic E-state index is 12.8. The maximum absolute atomic E-state index is 12.8. The summed E-state index contributed by atoms with van der Waals surface area (Å²) in [5.74, 6) is 1.82. The molecule has 1 amide bonds. The predicted molar refractivity (Wildman–Crippen MR) is 157 cm³/mol. The van der Waals surface area contributed by atoms with Crippen molar-refractivity contribution >= 4 is 28.2 Å². The highest BCUT2D eigenvalue weighted by Crippen LogP contribution is 2.68. The maximum Gasteiger partial charge on any atom is 0.270 e. The van der Waals surface area contributed by atoms with Crippen molar-refractivity contribution in [2.24, 2.45) is 56.6 Å². The van der Waals surface area contributed by atoms with Crippen LogP contribution in [0.1, 0.15) is 85.0 Å². The number of nitrogens with zero attached hydrogens (tertiary/aromatic N) is 3. The second-order valence-electron chi connectivity index (χ2n) is 14.4. The number of carbonyl (C=O) groups excluding carboxylic acids is 1. The third-order valence-electron chi connectivity index (χ3n) is 12.4. The topological polar surface area (TPSA) is 161 Å². The predicted octanol–water partition coefficient (Wildman–Crippen LogP) is 6.80. The lowest BCUT2D eigenvalue weighted by atomic mass is 9.43. The van der Waals surface area contributed by atoms with Crippen molar-refractivity contribution < 1.29 is 25.0 Å². The molecule has 10 atom stereocenters. The smallest absolute Gasteiger partial charge is 0.270 e. The second-order valence-corrected chi connectivity index (χ2v) is 14.4. The Bertz CT molecular complexity index is 1410. The van der Waals surface area contributed by atoms with E-state index >= 15 is 0 Å². The highest BCUT2D eigenvalue weighted by molar-refractivity contribution is 5.95. The van der Waals surface area contributed by atoms with Crippen LogP contribution in [-0.2, 0) is 4.79 Å². The Hall–Kier alpha value is -2.85. The molecule has 1 heterocycles. The molecule has 10 nitrogen and oxygen atoms in total. The number of nitro benzene ring substituents is 1. The lowest BCUT2D eigenvalue weighted by Crippen LogP contribution is -2.58. The van der Waals surface area contributed by atoms with Crippen LogP contribution in [0.5, 0.6) is 5.88 Å². The van der Waals surface area contributed by atoms with E-state index in [1.54, 1.807) is 0 Å². The van der Waals surface area contributed by atoms with Crippen molar-refractivity contribution in [1.29, 1.82) is 0 Å². The van der Waals surface area contributed by atoms with Gasteiger partial charge in [-0.1, -0.05) is 20.8 Å². The van der Waals surface area contributed by atoms with Crippen LogP contribution in [-0.4, -0.2) is 43.3 Å². The molecule has 4 fully saturated rings. The summed E-state index contributed by atoms with van der Waals surface area (Å²) in [5.41, 5.74) is 0.694. The Morgan fingerprint density at radius 1 is 1.12 bits per heavy atom. The molecule has 6 rings (SSSR count). The van der Waals surface area contributed by atoms with Crippen molar-refractivity contribution in [2.75, 3.05) is 0 Å². The number of aliphatic hydroxyl groups excluding tert-OH is 2. The Balaban J connectivity index is 1.11. The molecule has 2 aromatic rings. The average molecular weight is 581 g/mol. The number of H-pyrrole nitrogens is 1. The molecule has 0 saturated heterocycles. The number of aromatic nitrogens is 1. The van der Waals surface area contributed by atoms with Crippen molar-refractivity contribution in [3.8, 4) is 5.88 Å². The van der Waals surface area contributed by atoms with Crippen LogP contribution in [0.15, 0.2) is 28.4 Å². The fourth-order valence-electron chi connectivity index (χ4n) is 10.2. The van der Waals surface area contributed by atoms with E-state index in [0.717, 1.165) is 51.4 Å². The highest BCUT2D eigenvalue weighted by atomic mass is 16.6. The van der Waals surface area contributed by atoms with Crippen molar-refractivity contribution in [1.82, 2.24) is 4.98 Å². The molecule has 0 bridgehead atoms. The summed E-state index contributed by atoms with van der Waals surface area (Å²) in [6.07, 6.45) is 8.44. The zero-order valence-electron chi connectivity index (χ0n) is 24.8. The van der Waals surface area contributed by atoms with Gasteiger partial charge >= 0.3 is 0 Å². The number of nitrogens with one attached hydrogen (secondary N) is 1. The minimum absolute atomic E-state index is 0.0208. The number of non-ortho nitro benzene ring substituents is 1. The molecule has 228 valence electrons. The first kappa shape index (κ1) is 29.2. The number of nitro groups is 1. The quantitative estimate of drug-likeness (QED) is 0.167. The van der Waals surface area contributed by atoms with E-state index in [1.807, 2.05) is 0 Å². The molecule has 4 saturated carbocycles. The van der Waals surface area contributed by atoms with Gasteiger partial charge in [0, 0.05) is 23.9 Å². The number of rotatable bonds is 6. The van der Waals surface area contributed by atoms with Crippen LogP contribution < -0.4 is 0 Å². The number of hydrogen-bond acceptors (Lipinski definition) is 7. The number of aliphatic hydroxyl groups is 2. The van der Waals surface area contributed by atoms with Gasteiger partial charge in [-0.15, -0.1) is 10.2 Å². The Morgan fingerprint density at radius 3 is 2.62 bits per heavy atom. The Morgan fingerprint density at radius 2 is 1.86 bits per heavy atom. The standard InChI is InChI=1S/C32H44N4O6/c1-17(4-9-27(39)34-35-29-21-16-19(36(41)42)5-8-25(21)33-30(29)40)22-6-7-23-28-24(11-13-32(22,23)3)31(2)12-10-20(37)14-18(31)15-26(28)38/h5,8,16-18,20,22-24,26,28,33,37-38,40H,4,6-7,9-15H2,1-3H3/t17-,18+,20+,22-,23+,24+,26-,28+,31+,32-/m1/s1. The second kappa shape index (κ2) is 10.7. The molecular weight excluding hydrogens is 536 g/mol. The summed E-state index contributed by atoms with van der Waals surface area (Å²) >= 11 is 0. The Labute approximate surface area is 246 Å². The zero-order chi connectivity index (χ0) is 30.0. The van der Waals surface area contributed by atoms with Crippen LogP contribution in [0.25, 0.3) is 10.9 Å². The third kappa shape index (κ3) is 4.75. The lowest BCUT2D eigenvalue weighted by Gasteiger charge is -2.62. The van der Waals surface area contributed by atoms with Gasteiger partial charge in [-0.3, -0.25) is 14.9 Å². The summed E-state index contributed by atoms with van der Waals surface area (Å²) in [6, 6.07) is 4.13. The van der Waals surface area contributed by atoms with E-state index in [1.165, 1.54) is 18.2 Å². The molecule has 1 aromatic heterocycles. The van der Waals surface area contributed by atoms with Crippen LogP contribution in [0, 0.1) is 56.5 Å². The average Bonchev–Trinajstić information content (AvgIpc) is 3.46. The van der Waals surface area contributed by atoms with Crippen molar-refractivity contribution in [2.45, 2.75) is 97.2 Å². The monoisotopic (exact) mass is 580 g/mol. The number of aromatic hydroxyl groups is 1. The molecular formula is C32H44N4O6. The van der Waals surface area contributed by atoms with Crippen LogP contribution in [0.2, 0.25) is 0 Å². The number of aromatic amines is 1. The molecule has 0 unspecified atom stereocenters. The first-order chi connectivity index (χ1) is 19.9. The van der Waals surface area contributed by atoms with E-state index in [2.05, 4.69) is 36.0 Å². The molecule has 4 aliphatic carbocycles. The van der Waals surface area contributed by atoms with Gasteiger partial charge in [0.25, 0.3) is 11.6 Å². The first-order valence-electron chi connectivity index (χ1n) is 15.7. The number of benzene rings is 1. The number of fused-ring (bicyclic) bond motifs is 6. The number of hydrogen-bond donors (Lipinski definition) is 4. The minimum atomic E-state index is -0.523. The van der Waals surface area contributed by atoms with Gasteiger partial charge in [-0.25, -0.2) is 0 Å². The summed E-state index contributed by atoms with van der Waals surface area (Å²) in [7, 11) is 0. The van der Waals surface area contributed by atoms with E-state index in [-0.39, 0.29) is 52.6 Å². The van der Waals surface area contributed by atoms with E-state index in [9.17, 15) is 30.2 Å². The van der Waals surface area contributed by atoms with E-state index in [0.29, 0.717) is 52.8 Å². The molecule has 0 radical (unpaired) electrons. The fraction of sp³-hybridized carbons (Fsp3) is 0.719. The van der Waals surface area contributed by atoms with Gasteiger partial charge < -0.3 is 20.3 Å². The van der Waals surface area contributed by atoms with Gasteiger partial charge in [0.2, 0.25) is 5.88 Å². The molecule has 4 N–H and O–H groups in total. The van der Waals surface area contributed by atoms with Crippen LogP contribution in [0.4, 0.5) is 11.4 Å². The van der Waals surface area contributed by atoms with Crippen molar-refractivity contribution in [3.63, 3.8) is 0 Å². The van der Waals surface area contributed by atoms with Crippen LogP contribution in [0.3, 0.4) is 0 Å². The summed E-state index contributed by atoms with van der Waals surface area (Å²) in [5, 5.41) is 51.4. The molecule has 42 heavy (non-hydrogen) atoms. The normalized spacial score (nSPS) is 38.6. The lowest BCUT2D eigenvalue weighted by molar-refractivity contribution is -0.384. The highest BCUT2D eigenvalue weighted by Gasteiger charge is 2.62. The van der Waals surface area contributed by atoms with Gasteiger partial charge in [0.1, 0.15) is 0 Å². The molecule has 4 aliphatic rings. The summed E-state index contributed by atoms with van der Waals surface area (Å²) < 4.78 is 0. The molecule has 0 spiro atoms. The van der Waals surface area contributed by atoms with Gasteiger partial charge in [0.05, 0.1) is 22.6 Å². The number of azo groups is 1. The minimum Gasteiger partial charge on any atom is -0.493 e. The van der Waals surface area contributed by atoms with Crippen molar-refractivity contribution in [3.05, 3.63) is 28.3 Å². The van der Waals surface area contributed by atoms with Gasteiger partial charge in [-0.05, 0) is 110 Å². The molecule has 10 heteroatoms. The van der Waals surface area contributed by atoms with E-state index in [4.69, 9.17) is 0 Å². The van der Waals surface area contributed by atoms with Gasteiger partial charge in [-0.2, -0.15) is 0 Å².